The van der Waals surface area contributed by atoms with Gasteiger partial charge >= 0.3 is 0 Å². The van der Waals surface area contributed by atoms with E-state index in [0.717, 1.165) is 6.42 Å². The van der Waals surface area contributed by atoms with Crippen LogP contribution in [0.4, 0.5) is 0 Å². The SMILES string of the molecule is CCCCCCCCCC(C)(N)c1ccccc1. The van der Waals surface area contributed by atoms with Crippen LogP contribution in [-0.4, -0.2) is 0 Å². The molecule has 1 heteroatoms. The summed E-state index contributed by atoms with van der Waals surface area (Å²) in [5, 5.41) is 0. The lowest BCUT2D eigenvalue weighted by Gasteiger charge is -2.25. The maximum atomic E-state index is 6.40. The van der Waals surface area contributed by atoms with Crippen molar-refractivity contribution in [2.24, 2.45) is 5.73 Å². The minimum atomic E-state index is -0.162. The Morgan fingerprint density at radius 1 is 0.889 bits per heavy atom. The van der Waals surface area contributed by atoms with Crippen LogP contribution in [0.5, 0.6) is 0 Å². The highest BCUT2D eigenvalue weighted by Gasteiger charge is 2.19. The Balaban J connectivity index is 2.18. The summed E-state index contributed by atoms with van der Waals surface area (Å²) < 4.78 is 0. The maximum Gasteiger partial charge on any atom is 0.0381 e. The molecule has 0 saturated heterocycles. The highest BCUT2D eigenvalue weighted by Crippen LogP contribution is 2.24. The molecule has 1 unspecified atom stereocenters. The van der Waals surface area contributed by atoms with E-state index in [1.165, 1.54) is 50.5 Å². The van der Waals surface area contributed by atoms with Crippen molar-refractivity contribution in [3.8, 4) is 0 Å². The van der Waals surface area contributed by atoms with Gasteiger partial charge in [-0.15, -0.1) is 0 Å². The second-order valence-electron chi connectivity index (χ2n) is 5.65. The van der Waals surface area contributed by atoms with Crippen molar-refractivity contribution in [1.29, 1.82) is 0 Å². The van der Waals surface area contributed by atoms with Gasteiger partial charge in [-0.1, -0.05) is 82.2 Å². The quantitative estimate of drug-likeness (QED) is 0.610. The highest BCUT2D eigenvalue weighted by molar-refractivity contribution is 5.22. The van der Waals surface area contributed by atoms with Gasteiger partial charge in [0.05, 0.1) is 0 Å². The van der Waals surface area contributed by atoms with E-state index in [0.29, 0.717) is 0 Å². The van der Waals surface area contributed by atoms with Crippen LogP contribution in [0.3, 0.4) is 0 Å². The van der Waals surface area contributed by atoms with Crippen LogP contribution < -0.4 is 5.73 Å². The zero-order valence-electron chi connectivity index (χ0n) is 12.1. The molecule has 1 nitrogen and oxygen atoms in total. The molecule has 1 aromatic carbocycles. The Morgan fingerprint density at radius 3 is 2.06 bits per heavy atom. The smallest absolute Gasteiger partial charge is 0.0381 e. The number of unbranched alkanes of at least 4 members (excludes halogenated alkanes) is 6. The van der Waals surface area contributed by atoms with E-state index in [2.05, 4.69) is 38.1 Å². The topological polar surface area (TPSA) is 26.0 Å². The van der Waals surface area contributed by atoms with Crippen LogP contribution in [0.15, 0.2) is 30.3 Å². The third kappa shape index (κ3) is 5.68. The molecule has 0 aliphatic carbocycles. The minimum Gasteiger partial charge on any atom is -0.322 e. The molecule has 1 atom stereocenters. The van der Waals surface area contributed by atoms with Gasteiger partial charge in [-0.2, -0.15) is 0 Å². The van der Waals surface area contributed by atoms with Gasteiger partial charge in [0.25, 0.3) is 0 Å². The number of benzene rings is 1. The van der Waals surface area contributed by atoms with Crippen molar-refractivity contribution in [2.45, 2.75) is 70.8 Å². The monoisotopic (exact) mass is 247 g/mol. The number of rotatable bonds is 9. The van der Waals surface area contributed by atoms with Crippen molar-refractivity contribution < 1.29 is 0 Å². The van der Waals surface area contributed by atoms with Crippen molar-refractivity contribution in [3.63, 3.8) is 0 Å². The lowest BCUT2D eigenvalue weighted by molar-refractivity contribution is 0.421. The van der Waals surface area contributed by atoms with Gasteiger partial charge in [0.2, 0.25) is 0 Å². The van der Waals surface area contributed by atoms with Crippen LogP contribution in [0.2, 0.25) is 0 Å². The second kappa shape index (κ2) is 8.31. The molecule has 2 N–H and O–H groups in total. The van der Waals surface area contributed by atoms with E-state index in [4.69, 9.17) is 5.73 Å². The van der Waals surface area contributed by atoms with Gasteiger partial charge in [0.15, 0.2) is 0 Å². The maximum absolute atomic E-state index is 6.40. The highest BCUT2D eigenvalue weighted by atomic mass is 14.7. The minimum absolute atomic E-state index is 0.162. The third-order valence-corrected chi connectivity index (χ3v) is 3.73. The van der Waals surface area contributed by atoms with E-state index in [-0.39, 0.29) is 5.54 Å². The van der Waals surface area contributed by atoms with Gasteiger partial charge in [-0.05, 0) is 18.9 Å². The Bertz CT molecular complexity index is 303. The van der Waals surface area contributed by atoms with Crippen molar-refractivity contribution in [1.82, 2.24) is 0 Å². The van der Waals surface area contributed by atoms with E-state index in [1.54, 1.807) is 0 Å². The first-order chi connectivity index (χ1) is 8.67. The van der Waals surface area contributed by atoms with E-state index in [9.17, 15) is 0 Å². The fourth-order valence-electron chi connectivity index (χ4n) is 2.41. The second-order valence-corrected chi connectivity index (χ2v) is 5.65. The summed E-state index contributed by atoms with van der Waals surface area (Å²) in [6.45, 7) is 4.42. The number of hydrogen-bond acceptors (Lipinski definition) is 1. The molecule has 18 heavy (non-hydrogen) atoms. The third-order valence-electron chi connectivity index (χ3n) is 3.73. The predicted octanol–water partition coefficient (Wildman–Crippen LogP) is 5.00. The van der Waals surface area contributed by atoms with Crippen molar-refractivity contribution in [3.05, 3.63) is 35.9 Å². The van der Waals surface area contributed by atoms with Crippen molar-refractivity contribution >= 4 is 0 Å². The summed E-state index contributed by atoms with van der Waals surface area (Å²) in [4.78, 5) is 0. The zero-order valence-corrected chi connectivity index (χ0v) is 12.1. The van der Waals surface area contributed by atoms with Crippen LogP contribution >= 0.6 is 0 Å². The van der Waals surface area contributed by atoms with Crippen LogP contribution in [0.1, 0.15) is 70.8 Å². The van der Waals surface area contributed by atoms with E-state index in [1.807, 2.05) is 6.07 Å². The van der Waals surface area contributed by atoms with Crippen molar-refractivity contribution in [2.75, 3.05) is 0 Å². The molecule has 0 amide bonds. The predicted molar refractivity (Wildman–Crippen MR) is 80.6 cm³/mol. The molecule has 102 valence electrons. The summed E-state index contributed by atoms with van der Waals surface area (Å²) in [5.74, 6) is 0. The van der Waals surface area contributed by atoms with Crippen LogP contribution in [0.25, 0.3) is 0 Å². The van der Waals surface area contributed by atoms with Gasteiger partial charge in [-0.3, -0.25) is 0 Å². The van der Waals surface area contributed by atoms with Gasteiger partial charge in [-0.25, -0.2) is 0 Å². The largest absolute Gasteiger partial charge is 0.322 e. The van der Waals surface area contributed by atoms with E-state index >= 15 is 0 Å². The zero-order chi connectivity index (χ0) is 13.3. The fraction of sp³-hybridized carbons (Fsp3) is 0.647. The lowest BCUT2D eigenvalue weighted by atomic mass is 9.87. The summed E-state index contributed by atoms with van der Waals surface area (Å²) in [6.07, 6.45) is 10.5. The molecular weight excluding hydrogens is 218 g/mol. The Kier molecular flexibility index (Phi) is 7.04. The molecule has 0 heterocycles. The molecule has 1 aromatic rings. The molecule has 0 radical (unpaired) electrons. The summed E-state index contributed by atoms with van der Waals surface area (Å²) in [5.41, 5.74) is 7.50. The molecule has 0 aliphatic rings. The first kappa shape index (κ1) is 15.2. The molecule has 0 aromatic heterocycles. The summed E-state index contributed by atoms with van der Waals surface area (Å²) >= 11 is 0. The Labute approximate surface area is 113 Å². The molecule has 0 fully saturated rings. The Morgan fingerprint density at radius 2 is 1.44 bits per heavy atom. The molecule has 1 rings (SSSR count). The molecule has 0 bridgehead atoms. The molecule has 0 spiro atoms. The van der Waals surface area contributed by atoms with Gasteiger partial charge in [0, 0.05) is 5.54 Å². The standard InChI is InChI=1S/C17H29N/c1-3-4-5-6-7-8-12-15-17(2,18)16-13-10-9-11-14-16/h9-11,13-14H,3-8,12,15,18H2,1-2H3. The average molecular weight is 247 g/mol. The molecular formula is C17H29N. The lowest BCUT2D eigenvalue weighted by Crippen LogP contribution is -2.32. The fourth-order valence-corrected chi connectivity index (χ4v) is 2.41. The van der Waals surface area contributed by atoms with Crippen LogP contribution in [0, 0.1) is 0 Å². The average Bonchev–Trinajstić information content (AvgIpc) is 2.39. The Hall–Kier alpha value is -0.820. The summed E-state index contributed by atoms with van der Waals surface area (Å²) in [6, 6.07) is 10.5. The van der Waals surface area contributed by atoms with E-state index < -0.39 is 0 Å². The number of nitrogens with two attached hydrogens (primary N) is 1. The first-order valence-electron chi connectivity index (χ1n) is 7.51. The normalized spacial score (nSPS) is 14.4. The van der Waals surface area contributed by atoms with Crippen LogP contribution in [-0.2, 0) is 5.54 Å². The summed E-state index contributed by atoms with van der Waals surface area (Å²) in [7, 11) is 0. The molecule has 0 aliphatic heterocycles. The molecule has 0 saturated carbocycles. The number of hydrogen-bond donors (Lipinski definition) is 1. The first-order valence-corrected chi connectivity index (χ1v) is 7.51. The van der Waals surface area contributed by atoms with Gasteiger partial charge in [0.1, 0.15) is 0 Å². The van der Waals surface area contributed by atoms with Gasteiger partial charge < -0.3 is 5.73 Å².